The first kappa shape index (κ1) is 15.4. The summed E-state index contributed by atoms with van der Waals surface area (Å²) in [6.45, 7) is 8.69. The highest BCUT2D eigenvalue weighted by Crippen LogP contribution is 2.17. The third-order valence-corrected chi connectivity index (χ3v) is 4.34. The van der Waals surface area contributed by atoms with E-state index in [-0.39, 0.29) is 11.9 Å². The van der Waals surface area contributed by atoms with Crippen LogP contribution in [-0.2, 0) is 22.5 Å². The molecule has 122 valence electrons. The second-order valence-electron chi connectivity index (χ2n) is 6.34. The van der Waals surface area contributed by atoms with E-state index in [2.05, 4.69) is 33.9 Å². The highest BCUT2D eigenvalue weighted by atomic mass is 16.5. The van der Waals surface area contributed by atoms with E-state index in [0.29, 0.717) is 18.9 Å². The molecule has 1 saturated heterocycles. The van der Waals surface area contributed by atoms with E-state index in [1.807, 2.05) is 4.90 Å². The van der Waals surface area contributed by atoms with Gasteiger partial charge in [-0.3, -0.25) is 4.79 Å². The maximum absolute atomic E-state index is 12.5. The van der Waals surface area contributed by atoms with Gasteiger partial charge in [0.15, 0.2) is 0 Å². The van der Waals surface area contributed by atoms with Crippen molar-refractivity contribution < 1.29 is 9.53 Å². The number of carbonyl (C=O) groups excluding carboxylic acids is 1. The minimum Gasteiger partial charge on any atom is -0.378 e. The van der Waals surface area contributed by atoms with E-state index in [1.165, 1.54) is 0 Å². The molecule has 0 bridgehead atoms. The van der Waals surface area contributed by atoms with E-state index < -0.39 is 0 Å². The highest BCUT2D eigenvalue weighted by Gasteiger charge is 2.25. The quantitative estimate of drug-likeness (QED) is 0.861. The number of nitrogens with one attached hydrogen (secondary N) is 1. The summed E-state index contributed by atoms with van der Waals surface area (Å²) >= 11 is 0. The zero-order valence-electron chi connectivity index (χ0n) is 13.4. The average Bonchev–Trinajstić information content (AvgIpc) is 2.80. The number of aromatic nitrogens is 3. The van der Waals surface area contributed by atoms with Gasteiger partial charge in [-0.25, -0.2) is 0 Å². The molecule has 2 aliphatic heterocycles. The van der Waals surface area contributed by atoms with Crippen molar-refractivity contribution in [1.29, 1.82) is 0 Å². The van der Waals surface area contributed by atoms with Gasteiger partial charge in [-0.05, 0) is 0 Å². The van der Waals surface area contributed by atoms with Crippen LogP contribution >= 0.6 is 0 Å². The monoisotopic (exact) mass is 307 g/mol. The Balaban J connectivity index is 1.60. The third kappa shape index (κ3) is 3.30. The molecular weight excluding hydrogens is 282 g/mol. The van der Waals surface area contributed by atoms with E-state index >= 15 is 0 Å². The van der Waals surface area contributed by atoms with E-state index in [4.69, 9.17) is 4.74 Å². The van der Waals surface area contributed by atoms with Gasteiger partial charge in [-0.2, -0.15) is 0 Å². The van der Waals surface area contributed by atoms with Crippen LogP contribution in [0.15, 0.2) is 0 Å². The predicted molar refractivity (Wildman–Crippen MR) is 81.6 cm³/mol. The number of hydrogen-bond donors (Lipinski definition) is 1. The van der Waals surface area contributed by atoms with Crippen LogP contribution in [0.4, 0.5) is 0 Å². The Hall–Kier alpha value is -1.47. The van der Waals surface area contributed by atoms with Crippen LogP contribution in [0.5, 0.6) is 0 Å². The first-order chi connectivity index (χ1) is 10.6. The van der Waals surface area contributed by atoms with Crippen molar-refractivity contribution in [3.05, 3.63) is 11.6 Å². The summed E-state index contributed by atoms with van der Waals surface area (Å²) in [5.74, 6) is 2.57. The minimum atomic E-state index is 0.148. The smallest absolute Gasteiger partial charge is 0.224 e. The summed E-state index contributed by atoms with van der Waals surface area (Å²) in [5.41, 5.74) is 0. The molecule has 1 aromatic heterocycles. The number of morpholine rings is 1. The molecule has 0 radical (unpaired) electrons. The molecule has 2 aliphatic rings. The van der Waals surface area contributed by atoms with Crippen molar-refractivity contribution in [2.24, 2.45) is 0 Å². The van der Waals surface area contributed by atoms with Crippen LogP contribution in [-0.4, -0.2) is 64.5 Å². The van der Waals surface area contributed by atoms with Crippen LogP contribution in [0.1, 0.15) is 37.8 Å². The normalized spacial score (nSPS) is 22.5. The molecule has 0 aromatic carbocycles. The maximum Gasteiger partial charge on any atom is 0.224 e. The summed E-state index contributed by atoms with van der Waals surface area (Å²) in [7, 11) is 0. The van der Waals surface area contributed by atoms with Crippen LogP contribution in [0.2, 0.25) is 0 Å². The molecule has 0 aliphatic carbocycles. The lowest BCUT2D eigenvalue weighted by Gasteiger charge is -2.27. The van der Waals surface area contributed by atoms with E-state index in [9.17, 15) is 4.79 Å². The molecule has 1 aromatic rings. The predicted octanol–water partition coefficient (Wildman–Crippen LogP) is 0.165. The van der Waals surface area contributed by atoms with Crippen LogP contribution in [0.3, 0.4) is 0 Å². The van der Waals surface area contributed by atoms with Gasteiger partial charge in [0, 0.05) is 51.0 Å². The molecular formula is C15H25N5O2. The number of ether oxygens (including phenoxy) is 1. The van der Waals surface area contributed by atoms with Crippen molar-refractivity contribution in [3.8, 4) is 0 Å². The SMILES string of the molecule is CC(C)c1nnc2n1CCN(C(=O)CC1COCCN1)CC2. The Morgan fingerprint density at radius 1 is 1.36 bits per heavy atom. The lowest BCUT2D eigenvalue weighted by Crippen LogP contribution is -2.45. The average molecular weight is 307 g/mol. The lowest BCUT2D eigenvalue weighted by molar-refractivity contribution is -0.132. The Kier molecular flexibility index (Phi) is 4.73. The second kappa shape index (κ2) is 6.75. The molecule has 1 fully saturated rings. The van der Waals surface area contributed by atoms with Crippen LogP contribution < -0.4 is 5.32 Å². The molecule has 22 heavy (non-hydrogen) atoms. The summed E-state index contributed by atoms with van der Waals surface area (Å²) in [4.78, 5) is 14.4. The molecule has 3 heterocycles. The van der Waals surface area contributed by atoms with E-state index in [1.54, 1.807) is 0 Å². The summed E-state index contributed by atoms with van der Waals surface area (Å²) in [5, 5.41) is 11.9. The maximum atomic E-state index is 12.5. The molecule has 3 rings (SSSR count). The number of amides is 1. The molecule has 7 heteroatoms. The third-order valence-electron chi connectivity index (χ3n) is 4.34. The van der Waals surface area contributed by atoms with Crippen molar-refractivity contribution in [2.75, 3.05) is 32.8 Å². The van der Waals surface area contributed by atoms with Gasteiger partial charge in [0.2, 0.25) is 5.91 Å². The largest absolute Gasteiger partial charge is 0.378 e. The van der Waals surface area contributed by atoms with Crippen molar-refractivity contribution in [1.82, 2.24) is 25.0 Å². The number of hydrogen-bond acceptors (Lipinski definition) is 5. The van der Waals surface area contributed by atoms with Gasteiger partial charge in [0.05, 0.1) is 13.2 Å². The highest BCUT2D eigenvalue weighted by molar-refractivity contribution is 5.76. The molecule has 0 saturated carbocycles. The summed E-state index contributed by atoms with van der Waals surface area (Å²) in [6, 6.07) is 0.148. The Bertz CT molecular complexity index is 522. The van der Waals surface area contributed by atoms with Gasteiger partial charge in [-0.1, -0.05) is 13.8 Å². The summed E-state index contributed by atoms with van der Waals surface area (Å²) in [6.07, 6.45) is 1.29. The zero-order chi connectivity index (χ0) is 15.5. The van der Waals surface area contributed by atoms with Crippen molar-refractivity contribution in [3.63, 3.8) is 0 Å². The van der Waals surface area contributed by atoms with E-state index in [0.717, 1.165) is 50.9 Å². The topological polar surface area (TPSA) is 72.3 Å². The van der Waals surface area contributed by atoms with Gasteiger partial charge in [0.25, 0.3) is 0 Å². The first-order valence-corrected chi connectivity index (χ1v) is 8.16. The Labute approximate surface area is 131 Å². The van der Waals surface area contributed by atoms with Gasteiger partial charge in [-0.15, -0.1) is 10.2 Å². The number of fused-ring (bicyclic) bond motifs is 1. The van der Waals surface area contributed by atoms with Crippen LogP contribution in [0, 0.1) is 0 Å². The standard InChI is InChI=1S/C15H25N5O2/c1-11(2)15-18-17-13-3-5-19(6-7-20(13)15)14(21)9-12-10-22-8-4-16-12/h11-12,16H,3-10H2,1-2H3. The fourth-order valence-electron chi connectivity index (χ4n) is 3.11. The fourth-order valence-corrected chi connectivity index (χ4v) is 3.11. The van der Waals surface area contributed by atoms with Gasteiger partial charge >= 0.3 is 0 Å². The van der Waals surface area contributed by atoms with Crippen molar-refractivity contribution >= 4 is 5.91 Å². The lowest BCUT2D eigenvalue weighted by atomic mass is 10.1. The number of nitrogens with zero attached hydrogens (tertiary/aromatic N) is 4. The van der Waals surface area contributed by atoms with Gasteiger partial charge in [0.1, 0.15) is 11.6 Å². The molecule has 1 atom stereocenters. The minimum absolute atomic E-state index is 0.148. The van der Waals surface area contributed by atoms with Crippen LogP contribution in [0.25, 0.3) is 0 Å². The van der Waals surface area contributed by atoms with Gasteiger partial charge < -0.3 is 19.5 Å². The molecule has 1 unspecified atom stereocenters. The fraction of sp³-hybridized carbons (Fsp3) is 0.800. The Morgan fingerprint density at radius 2 is 2.23 bits per heavy atom. The molecule has 1 amide bonds. The van der Waals surface area contributed by atoms with Crippen molar-refractivity contribution in [2.45, 2.75) is 45.2 Å². The Morgan fingerprint density at radius 3 is 2.95 bits per heavy atom. The second-order valence-corrected chi connectivity index (χ2v) is 6.34. The molecule has 0 spiro atoms. The number of rotatable bonds is 3. The summed E-state index contributed by atoms with van der Waals surface area (Å²) < 4.78 is 7.60. The molecule has 1 N–H and O–H groups in total. The first-order valence-electron chi connectivity index (χ1n) is 8.16. The number of carbonyl (C=O) groups is 1. The zero-order valence-corrected chi connectivity index (χ0v) is 13.4. The molecule has 7 nitrogen and oxygen atoms in total.